The molecule has 0 saturated heterocycles. The highest BCUT2D eigenvalue weighted by atomic mass is 32.2. The van der Waals surface area contributed by atoms with Gasteiger partial charge in [0, 0.05) is 4.90 Å². The van der Waals surface area contributed by atoms with E-state index < -0.39 is 0 Å². The molecule has 0 unspecified atom stereocenters. The van der Waals surface area contributed by atoms with Gasteiger partial charge in [0.2, 0.25) is 0 Å². The molecule has 1 aromatic rings. The number of hydrazine groups is 1. The number of hydrogen-bond donors (Lipinski definition) is 2. The molecule has 0 aliphatic carbocycles. The summed E-state index contributed by atoms with van der Waals surface area (Å²) in [7, 11) is 0. The maximum absolute atomic E-state index is 12.7. The number of benzene rings is 1. The SMILES string of the molecule is CSc1cc(F)cc(NN)c1. The Morgan fingerprint density at radius 1 is 1.45 bits per heavy atom. The first-order chi connectivity index (χ1) is 5.26. The van der Waals surface area contributed by atoms with E-state index in [1.807, 2.05) is 6.26 Å². The molecule has 2 nitrogen and oxygen atoms in total. The molecule has 0 aliphatic rings. The fourth-order valence-corrected chi connectivity index (χ4v) is 1.24. The molecule has 0 amide bonds. The molecule has 3 N–H and O–H groups in total. The maximum atomic E-state index is 12.7. The first kappa shape index (κ1) is 8.36. The van der Waals surface area contributed by atoms with E-state index in [1.54, 1.807) is 6.07 Å². The van der Waals surface area contributed by atoms with Gasteiger partial charge in [0.05, 0.1) is 5.69 Å². The van der Waals surface area contributed by atoms with Crippen LogP contribution in [0.4, 0.5) is 10.1 Å². The topological polar surface area (TPSA) is 38.0 Å². The van der Waals surface area contributed by atoms with Crippen LogP contribution in [-0.4, -0.2) is 6.26 Å². The van der Waals surface area contributed by atoms with Gasteiger partial charge in [-0.15, -0.1) is 11.8 Å². The second-order valence-corrected chi connectivity index (χ2v) is 2.90. The number of hydrogen-bond acceptors (Lipinski definition) is 3. The summed E-state index contributed by atoms with van der Waals surface area (Å²) in [6.07, 6.45) is 1.88. The number of rotatable bonds is 2. The van der Waals surface area contributed by atoms with Gasteiger partial charge in [-0.25, -0.2) is 4.39 Å². The van der Waals surface area contributed by atoms with Crippen LogP contribution >= 0.6 is 11.8 Å². The van der Waals surface area contributed by atoms with Crippen molar-refractivity contribution in [3.05, 3.63) is 24.0 Å². The van der Waals surface area contributed by atoms with Gasteiger partial charge in [0.25, 0.3) is 0 Å². The quantitative estimate of drug-likeness (QED) is 0.406. The number of halogens is 1. The lowest BCUT2D eigenvalue weighted by Gasteiger charge is -2.01. The Labute approximate surface area is 68.9 Å². The van der Waals surface area contributed by atoms with E-state index in [-0.39, 0.29) is 5.82 Å². The summed E-state index contributed by atoms with van der Waals surface area (Å²) in [6.45, 7) is 0. The van der Waals surface area contributed by atoms with E-state index in [4.69, 9.17) is 5.84 Å². The van der Waals surface area contributed by atoms with Crippen LogP contribution < -0.4 is 11.3 Å². The van der Waals surface area contributed by atoms with Gasteiger partial charge in [-0.3, -0.25) is 5.84 Å². The molecule has 1 rings (SSSR count). The summed E-state index contributed by atoms with van der Waals surface area (Å²) in [5.41, 5.74) is 2.98. The predicted molar refractivity (Wildman–Crippen MR) is 46.0 cm³/mol. The van der Waals surface area contributed by atoms with Crippen LogP contribution in [0.15, 0.2) is 23.1 Å². The van der Waals surface area contributed by atoms with Crippen molar-refractivity contribution >= 4 is 17.4 Å². The summed E-state index contributed by atoms with van der Waals surface area (Å²) in [5.74, 6) is 4.84. The van der Waals surface area contributed by atoms with Crippen LogP contribution in [0.3, 0.4) is 0 Å². The van der Waals surface area contributed by atoms with Crippen molar-refractivity contribution in [2.24, 2.45) is 5.84 Å². The molecular weight excluding hydrogens is 163 g/mol. The van der Waals surface area contributed by atoms with Crippen LogP contribution in [0, 0.1) is 5.82 Å². The van der Waals surface area contributed by atoms with E-state index >= 15 is 0 Å². The Morgan fingerprint density at radius 2 is 2.18 bits per heavy atom. The molecule has 0 spiro atoms. The maximum Gasteiger partial charge on any atom is 0.126 e. The third-order valence-corrected chi connectivity index (χ3v) is 1.98. The van der Waals surface area contributed by atoms with E-state index in [9.17, 15) is 4.39 Å². The van der Waals surface area contributed by atoms with Crippen LogP contribution in [-0.2, 0) is 0 Å². The Kier molecular flexibility index (Phi) is 2.73. The highest BCUT2D eigenvalue weighted by Gasteiger charge is 1.97. The number of thioether (sulfide) groups is 1. The summed E-state index contributed by atoms with van der Waals surface area (Å²) in [6, 6.07) is 4.60. The fraction of sp³-hybridized carbons (Fsp3) is 0.143. The zero-order valence-corrected chi connectivity index (χ0v) is 6.91. The van der Waals surface area contributed by atoms with Crippen molar-refractivity contribution in [1.29, 1.82) is 0 Å². The minimum Gasteiger partial charge on any atom is -0.324 e. The van der Waals surface area contributed by atoms with Crippen LogP contribution in [0.25, 0.3) is 0 Å². The van der Waals surface area contributed by atoms with Gasteiger partial charge in [-0.05, 0) is 24.5 Å². The molecule has 0 aromatic heterocycles. The summed E-state index contributed by atoms with van der Waals surface area (Å²) >= 11 is 1.48. The molecule has 0 radical (unpaired) electrons. The molecule has 0 fully saturated rings. The smallest absolute Gasteiger partial charge is 0.126 e. The minimum absolute atomic E-state index is 0.273. The van der Waals surface area contributed by atoms with Crippen molar-refractivity contribution in [3.63, 3.8) is 0 Å². The number of nitrogens with one attached hydrogen (secondary N) is 1. The second kappa shape index (κ2) is 3.59. The predicted octanol–water partition coefficient (Wildman–Crippen LogP) is 1.83. The van der Waals surface area contributed by atoms with E-state index in [2.05, 4.69) is 5.43 Å². The van der Waals surface area contributed by atoms with Crippen LogP contribution in [0.5, 0.6) is 0 Å². The summed E-state index contributed by atoms with van der Waals surface area (Å²) < 4.78 is 12.7. The van der Waals surface area contributed by atoms with Crippen molar-refractivity contribution < 1.29 is 4.39 Å². The Morgan fingerprint density at radius 3 is 2.73 bits per heavy atom. The Balaban J connectivity index is 3.02. The van der Waals surface area contributed by atoms with Crippen molar-refractivity contribution in [2.75, 3.05) is 11.7 Å². The zero-order valence-electron chi connectivity index (χ0n) is 6.10. The largest absolute Gasteiger partial charge is 0.324 e. The van der Waals surface area contributed by atoms with Gasteiger partial charge >= 0.3 is 0 Å². The van der Waals surface area contributed by atoms with Gasteiger partial charge in [0.1, 0.15) is 5.82 Å². The molecule has 0 bridgehead atoms. The molecule has 11 heavy (non-hydrogen) atoms. The average molecular weight is 172 g/mol. The number of anilines is 1. The minimum atomic E-state index is -0.273. The Bertz CT molecular complexity index is 230. The molecule has 0 heterocycles. The number of nitrogen functional groups attached to an aromatic ring is 1. The zero-order chi connectivity index (χ0) is 8.27. The second-order valence-electron chi connectivity index (χ2n) is 2.02. The Hall–Kier alpha value is -0.740. The lowest BCUT2D eigenvalue weighted by atomic mass is 10.3. The van der Waals surface area contributed by atoms with E-state index in [1.165, 1.54) is 23.9 Å². The summed E-state index contributed by atoms with van der Waals surface area (Å²) in [4.78, 5) is 0.859. The van der Waals surface area contributed by atoms with Gasteiger partial charge in [-0.1, -0.05) is 0 Å². The first-order valence-corrected chi connectivity index (χ1v) is 4.30. The monoisotopic (exact) mass is 172 g/mol. The fourth-order valence-electron chi connectivity index (χ4n) is 0.764. The lowest BCUT2D eigenvalue weighted by molar-refractivity contribution is 0.625. The molecule has 4 heteroatoms. The molecule has 0 saturated carbocycles. The van der Waals surface area contributed by atoms with E-state index in [0.717, 1.165) is 4.90 Å². The average Bonchev–Trinajstić information content (AvgIpc) is 2.03. The van der Waals surface area contributed by atoms with Gasteiger partial charge in [-0.2, -0.15) is 0 Å². The third-order valence-electron chi connectivity index (χ3n) is 1.27. The van der Waals surface area contributed by atoms with Gasteiger partial charge < -0.3 is 5.43 Å². The molecule has 0 aliphatic heterocycles. The first-order valence-electron chi connectivity index (χ1n) is 3.07. The molecular formula is C7H9FN2S. The van der Waals surface area contributed by atoms with Crippen molar-refractivity contribution in [1.82, 2.24) is 0 Å². The third kappa shape index (κ3) is 2.10. The number of nitrogens with two attached hydrogens (primary N) is 1. The molecule has 60 valence electrons. The molecule has 0 atom stereocenters. The van der Waals surface area contributed by atoms with Crippen molar-refractivity contribution in [2.45, 2.75) is 4.90 Å². The van der Waals surface area contributed by atoms with Crippen LogP contribution in [0.1, 0.15) is 0 Å². The molecule has 1 aromatic carbocycles. The van der Waals surface area contributed by atoms with Crippen LogP contribution in [0.2, 0.25) is 0 Å². The lowest BCUT2D eigenvalue weighted by Crippen LogP contribution is -2.06. The highest BCUT2D eigenvalue weighted by molar-refractivity contribution is 7.98. The highest BCUT2D eigenvalue weighted by Crippen LogP contribution is 2.20. The summed E-state index contributed by atoms with van der Waals surface area (Å²) in [5, 5.41) is 0. The normalized spacial score (nSPS) is 9.73. The standard InChI is InChI=1S/C7H9FN2S/c1-11-7-3-5(8)2-6(4-7)10-9/h2-4,10H,9H2,1H3. The van der Waals surface area contributed by atoms with Crippen molar-refractivity contribution in [3.8, 4) is 0 Å². The van der Waals surface area contributed by atoms with Gasteiger partial charge in [0.15, 0.2) is 0 Å². The van der Waals surface area contributed by atoms with E-state index in [0.29, 0.717) is 5.69 Å².